The van der Waals surface area contributed by atoms with Crippen LogP contribution in [0.3, 0.4) is 0 Å². The van der Waals surface area contributed by atoms with E-state index in [9.17, 15) is 4.79 Å². The Morgan fingerprint density at radius 2 is 2.05 bits per heavy atom. The molecule has 1 heterocycles. The summed E-state index contributed by atoms with van der Waals surface area (Å²) in [5.41, 5.74) is 8.31. The highest BCUT2D eigenvalue weighted by Crippen LogP contribution is 2.27. The lowest BCUT2D eigenvalue weighted by Crippen LogP contribution is -2.27. The molecular formula is C14H14ClN3O. The van der Waals surface area contributed by atoms with Crippen molar-refractivity contribution < 1.29 is 4.79 Å². The van der Waals surface area contributed by atoms with Crippen LogP contribution in [-0.2, 0) is 0 Å². The molecule has 0 radical (unpaired) electrons. The number of aromatic nitrogens is 1. The maximum atomic E-state index is 12.3. The Morgan fingerprint density at radius 1 is 1.32 bits per heavy atom. The average molecular weight is 276 g/mol. The van der Waals surface area contributed by atoms with Gasteiger partial charge in [0.15, 0.2) is 0 Å². The molecule has 19 heavy (non-hydrogen) atoms. The van der Waals surface area contributed by atoms with Crippen LogP contribution in [0.15, 0.2) is 36.5 Å². The second-order valence-electron chi connectivity index (χ2n) is 4.26. The van der Waals surface area contributed by atoms with Gasteiger partial charge in [0.05, 0.1) is 16.9 Å². The fourth-order valence-corrected chi connectivity index (χ4v) is 1.87. The topological polar surface area (TPSA) is 59.2 Å². The van der Waals surface area contributed by atoms with Crippen molar-refractivity contribution in [2.45, 2.75) is 6.92 Å². The van der Waals surface area contributed by atoms with Gasteiger partial charge in [-0.1, -0.05) is 11.6 Å². The molecule has 0 aliphatic heterocycles. The molecular weight excluding hydrogens is 262 g/mol. The molecule has 1 aromatic heterocycles. The molecule has 0 saturated carbocycles. The SMILES string of the molecule is Cc1ccc(C(=O)N(C)c2cc(Cl)ccc2N)cn1. The van der Waals surface area contributed by atoms with Gasteiger partial charge in [-0.25, -0.2) is 0 Å². The first kappa shape index (κ1) is 13.4. The number of aryl methyl sites for hydroxylation is 1. The van der Waals surface area contributed by atoms with Gasteiger partial charge in [-0.05, 0) is 37.3 Å². The first-order valence-corrected chi connectivity index (χ1v) is 6.12. The Kier molecular flexibility index (Phi) is 3.71. The van der Waals surface area contributed by atoms with Gasteiger partial charge in [0, 0.05) is 24.0 Å². The zero-order valence-electron chi connectivity index (χ0n) is 10.7. The van der Waals surface area contributed by atoms with Crippen molar-refractivity contribution in [3.05, 3.63) is 52.8 Å². The molecule has 4 nitrogen and oxygen atoms in total. The zero-order valence-corrected chi connectivity index (χ0v) is 11.5. The number of anilines is 2. The number of benzene rings is 1. The van der Waals surface area contributed by atoms with Crippen LogP contribution in [0, 0.1) is 6.92 Å². The molecule has 0 bridgehead atoms. The fourth-order valence-electron chi connectivity index (χ4n) is 1.70. The van der Waals surface area contributed by atoms with Gasteiger partial charge in [-0.2, -0.15) is 0 Å². The predicted molar refractivity (Wildman–Crippen MR) is 77.6 cm³/mol. The number of carbonyl (C=O) groups excluding carboxylic acids is 1. The van der Waals surface area contributed by atoms with Crippen molar-refractivity contribution >= 4 is 28.9 Å². The molecule has 0 unspecified atom stereocenters. The van der Waals surface area contributed by atoms with Gasteiger partial charge >= 0.3 is 0 Å². The molecule has 0 aliphatic rings. The molecule has 98 valence electrons. The largest absolute Gasteiger partial charge is 0.397 e. The molecule has 1 aromatic carbocycles. The molecule has 0 saturated heterocycles. The summed E-state index contributed by atoms with van der Waals surface area (Å²) in [6.45, 7) is 1.87. The summed E-state index contributed by atoms with van der Waals surface area (Å²) in [7, 11) is 1.66. The minimum atomic E-state index is -0.179. The summed E-state index contributed by atoms with van der Waals surface area (Å²) in [4.78, 5) is 17.9. The highest BCUT2D eigenvalue weighted by molar-refractivity contribution is 6.31. The van der Waals surface area contributed by atoms with E-state index >= 15 is 0 Å². The Labute approximate surface area is 116 Å². The van der Waals surface area contributed by atoms with Crippen molar-refractivity contribution in [1.29, 1.82) is 0 Å². The number of nitrogen functional groups attached to an aromatic ring is 1. The Hall–Kier alpha value is -2.07. The third-order valence-electron chi connectivity index (χ3n) is 2.82. The number of halogens is 1. The number of carbonyl (C=O) groups is 1. The molecule has 0 atom stereocenters. The van der Waals surface area contributed by atoms with Crippen LogP contribution in [0.1, 0.15) is 16.1 Å². The van der Waals surface area contributed by atoms with Gasteiger partial charge < -0.3 is 10.6 Å². The molecule has 5 heteroatoms. The second kappa shape index (κ2) is 5.28. The first-order chi connectivity index (χ1) is 8.99. The number of hydrogen-bond acceptors (Lipinski definition) is 3. The molecule has 1 amide bonds. The minimum absolute atomic E-state index is 0.179. The van der Waals surface area contributed by atoms with E-state index in [0.717, 1.165) is 5.69 Å². The van der Waals surface area contributed by atoms with Crippen LogP contribution in [-0.4, -0.2) is 17.9 Å². The monoisotopic (exact) mass is 275 g/mol. The Morgan fingerprint density at radius 3 is 2.68 bits per heavy atom. The van der Waals surface area contributed by atoms with Crippen LogP contribution in [0.25, 0.3) is 0 Å². The molecule has 0 aliphatic carbocycles. The summed E-state index contributed by atoms with van der Waals surface area (Å²) in [5.74, 6) is -0.179. The predicted octanol–water partition coefficient (Wildman–Crippen LogP) is 2.90. The van der Waals surface area contributed by atoms with Crippen LogP contribution in [0.5, 0.6) is 0 Å². The quantitative estimate of drug-likeness (QED) is 0.858. The summed E-state index contributed by atoms with van der Waals surface area (Å²) in [6.07, 6.45) is 1.55. The van der Waals surface area contributed by atoms with Gasteiger partial charge in [-0.3, -0.25) is 9.78 Å². The van der Waals surface area contributed by atoms with Crippen LogP contribution in [0.2, 0.25) is 5.02 Å². The van der Waals surface area contributed by atoms with Crippen LogP contribution < -0.4 is 10.6 Å². The maximum absolute atomic E-state index is 12.3. The standard InChI is InChI=1S/C14H14ClN3O/c1-9-3-4-10(8-17-9)14(19)18(2)13-7-11(15)5-6-12(13)16/h3-8H,16H2,1-2H3. The van der Waals surface area contributed by atoms with Crippen molar-refractivity contribution in [2.75, 3.05) is 17.7 Å². The van der Waals surface area contributed by atoms with Crippen molar-refractivity contribution in [2.24, 2.45) is 0 Å². The average Bonchev–Trinajstić information content (AvgIpc) is 2.41. The van der Waals surface area contributed by atoms with Gasteiger partial charge in [-0.15, -0.1) is 0 Å². The molecule has 2 rings (SSSR count). The van der Waals surface area contributed by atoms with Crippen LogP contribution >= 0.6 is 11.6 Å². The van der Waals surface area contributed by atoms with Crippen LogP contribution in [0.4, 0.5) is 11.4 Å². The fraction of sp³-hybridized carbons (Fsp3) is 0.143. The molecule has 2 N–H and O–H groups in total. The summed E-state index contributed by atoms with van der Waals surface area (Å²) in [6, 6.07) is 8.56. The van der Waals surface area contributed by atoms with E-state index in [1.165, 1.54) is 4.90 Å². The lowest BCUT2D eigenvalue weighted by atomic mass is 10.2. The summed E-state index contributed by atoms with van der Waals surface area (Å²) in [5, 5.41) is 0.533. The Balaban J connectivity index is 2.33. The van der Waals surface area contributed by atoms with E-state index in [0.29, 0.717) is 22.0 Å². The van der Waals surface area contributed by atoms with E-state index in [1.807, 2.05) is 6.92 Å². The number of rotatable bonds is 2. The number of pyridine rings is 1. The van der Waals surface area contributed by atoms with E-state index in [2.05, 4.69) is 4.98 Å². The molecule has 2 aromatic rings. The third kappa shape index (κ3) is 2.85. The van der Waals surface area contributed by atoms with Crippen molar-refractivity contribution in [1.82, 2.24) is 4.98 Å². The molecule has 0 spiro atoms. The maximum Gasteiger partial charge on any atom is 0.259 e. The van der Waals surface area contributed by atoms with E-state index < -0.39 is 0 Å². The smallest absolute Gasteiger partial charge is 0.259 e. The highest BCUT2D eigenvalue weighted by Gasteiger charge is 2.16. The third-order valence-corrected chi connectivity index (χ3v) is 3.05. The van der Waals surface area contributed by atoms with E-state index in [-0.39, 0.29) is 5.91 Å². The number of hydrogen-bond donors (Lipinski definition) is 1. The van der Waals surface area contributed by atoms with Crippen molar-refractivity contribution in [3.63, 3.8) is 0 Å². The van der Waals surface area contributed by atoms with Crippen molar-refractivity contribution in [3.8, 4) is 0 Å². The lowest BCUT2D eigenvalue weighted by Gasteiger charge is -2.19. The van der Waals surface area contributed by atoms with Gasteiger partial charge in [0.25, 0.3) is 5.91 Å². The number of amides is 1. The number of nitrogens with zero attached hydrogens (tertiary/aromatic N) is 2. The van der Waals surface area contributed by atoms with Gasteiger partial charge in [0.2, 0.25) is 0 Å². The van der Waals surface area contributed by atoms with E-state index in [1.54, 1.807) is 43.6 Å². The summed E-state index contributed by atoms with van der Waals surface area (Å²) >= 11 is 5.93. The zero-order chi connectivity index (χ0) is 14.0. The second-order valence-corrected chi connectivity index (χ2v) is 4.69. The lowest BCUT2D eigenvalue weighted by molar-refractivity contribution is 0.0993. The summed E-state index contributed by atoms with van der Waals surface area (Å²) < 4.78 is 0. The highest BCUT2D eigenvalue weighted by atomic mass is 35.5. The van der Waals surface area contributed by atoms with E-state index in [4.69, 9.17) is 17.3 Å². The first-order valence-electron chi connectivity index (χ1n) is 5.75. The minimum Gasteiger partial charge on any atom is -0.397 e. The Bertz CT molecular complexity index is 611. The number of nitrogens with two attached hydrogens (primary N) is 1. The molecule has 0 fully saturated rings. The normalized spacial score (nSPS) is 10.3. The van der Waals surface area contributed by atoms with Gasteiger partial charge in [0.1, 0.15) is 0 Å².